The van der Waals surface area contributed by atoms with Crippen molar-refractivity contribution in [1.29, 1.82) is 5.26 Å². The SMILES string of the molecule is COc1ccc(-c2nc(SCc3ccccc3Cl)n(C)c(=O)c2C#N)cc1OC. The molecule has 6 nitrogen and oxygen atoms in total. The van der Waals surface area contributed by atoms with Crippen molar-refractivity contribution in [3.05, 3.63) is 69.0 Å². The third-order valence-electron chi connectivity index (χ3n) is 4.33. The lowest BCUT2D eigenvalue weighted by Crippen LogP contribution is -2.23. The number of benzene rings is 2. The molecule has 1 heterocycles. The summed E-state index contributed by atoms with van der Waals surface area (Å²) < 4.78 is 12.0. The second kappa shape index (κ2) is 9.03. The second-order valence-corrected chi connectivity index (χ2v) is 7.39. The van der Waals surface area contributed by atoms with Crippen LogP contribution in [0.25, 0.3) is 11.3 Å². The van der Waals surface area contributed by atoms with Gasteiger partial charge in [0.15, 0.2) is 16.7 Å². The van der Waals surface area contributed by atoms with Crippen LogP contribution in [0, 0.1) is 11.3 Å². The van der Waals surface area contributed by atoms with Crippen LogP contribution < -0.4 is 15.0 Å². The number of ether oxygens (including phenoxy) is 2. The van der Waals surface area contributed by atoms with Crippen molar-refractivity contribution < 1.29 is 9.47 Å². The molecule has 2 aromatic carbocycles. The predicted molar refractivity (Wildman–Crippen MR) is 114 cm³/mol. The van der Waals surface area contributed by atoms with Gasteiger partial charge in [0, 0.05) is 23.4 Å². The molecule has 0 aliphatic carbocycles. The van der Waals surface area contributed by atoms with Crippen LogP contribution >= 0.6 is 23.4 Å². The van der Waals surface area contributed by atoms with Crippen molar-refractivity contribution in [2.24, 2.45) is 7.05 Å². The van der Waals surface area contributed by atoms with Gasteiger partial charge in [0.2, 0.25) is 0 Å². The molecule has 0 bridgehead atoms. The van der Waals surface area contributed by atoms with Crippen LogP contribution in [-0.2, 0) is 12.8 Å². The first-order chi connectivity index (χ1) is 14.0. The summed E-state index contributed by atoms with van der Waals surface area (Å²) in [6.07, 6.45) is 0. The standard InChI is InChI=1S/C21H18ClN3O3S/c1-25-20(26)15(11-23)19(13-8-9-17(27-2)18(10-13)28-3)24-21(25)29-12-14-6-4-5-7-16(14)22/h4-10H,12H2,1-3H3. The van der Waals surface area contributed by atoms with Crippen LogP contribution in [0.15, 0.2) is 52.4 Å². The van der Waals surface area contributed by atoms with Crippen molar-refractivity contribution in [2.75, 3.05) is 14.2 Å². The summed E-state index contributed by atoms with van der Waals surface area (Å²) in [6, 6.07) is 14.6. The first-order valence-electron chi connectivity index (χ1n) is 8.59. The summed E-state index contributed by atoms with van der Waals surface area (Å²) in [5.74, 6) is 1.57. The van der Waals surface area contributed by atoms with Crippen LogP contribution in [0.4, 0.5) is 0 Å². The second-order valence-electron chi connectivity index (χ2n) is 6.04. The molecule has 0 aliphatic rings. The molecule has 1 aromatic heterocycles. The van der Waals surface area contributed by atoms with E-state index < -0.39 is 5.56 Å². The minimum atomic E-state index is -0.408. The largest absolute Gasteiger partial charge is 0.493 e. The van der Waals surface area contributed by atoms with E-state index in [1.165, 1.54) is 30.5 Å². The van der Waals surface area contributed by atoms with Gasteiger partial charge in [-0.2, -0.15) is 5.26 Å². The highest BCUT2D eigenvalue weighted by Gasteiger charge is 2.18. The van der Waals surface area contributed by atoms with Gasteiger partial charge >= 0.3 is 0 Å². The molecule has 0 saturated carbocycles. The number of halogens is 1. The molecule has 0 N–H and O–H groups in total. The Labute approximate surface area is 177 Å². The molecule has 148 valence electrons. The number of aromatic nitrogens is 2. The fourth-order valence-corrected chi connectivity index (χ4v) is 4.01. The molecular weight excluding hydrogens is 410 g/mol. The molecule has 0 amide bonds. The Morgan fingerprint density at radius 2 is 1.90 bits per heavy atom. The van der Waals surface area contributed by atoms with E-state index in [0.29, 0.717) is 38.7 Å². The molecule has 29 heavy (non-hydrogen) atoms. The number of nitrogens with zero attached hydrogens (tertiary/aromatic N) is 3. The Kier molecular flexibility index (Phi) is 6.47. The monoisotopic (exact) mass is 427 g/mol. The molecule has 0 unspecified atom stereocenters. The highest BCUT2D eigenvalue weighted by molar-refractivity contribution is 7.98. The quantitative estimate of drug-likeness (QED) is 0.431. The van der Waals surface area contributed by atoms with Gasteiger partial charge in [-0.05, 0) is 29.8 Å². The molecular formula is C21H18ClN3O3S. The summed E-state index contributed by atoms with van der Waals surface area (Å²) in [5, 5.41) is 10.7. The van der Waals surface area contributed by atoms with Crippen molar-refractivity contribution in [3.63, 3.8) is 0 Å². The van der Waals surface area contributed by atoms with E-state index in [1.54, 1.807) is 25.2 Å². The van der Waals surface area contributed by atoms with Gasteiger partial charge < -0.3 is 9.47 Å². The van der Waals surface area contributed by atoms with Crippen LogP contribution in [0.3, 0.4) is 0 Å². The summed E-state index contributed by atoms with van der Waals surface area (Å²) in [7, 11) is 4.66. The first-order valence-corrected chi connectivity index (χ1v) is 9.96. The zero-order chi connectivity index (χ0) is 21.0. The van der Waals surface area contributed by atoms with Gasteiger partial charge in [0.1, 0.15) is 11.6 Å². The number of hydrogen-bond acceptors (Lipinski definition) is 6. The summed E-state index contributed by atoms with van der Waals surface area (Å²) >= 11 is 7.60. The van der Waals surface area contributed by atoms with Gasteiger partial charge in [-0.15, -0.1) is 0 Å². The van der Waals surface area contributed by atoms with E-state index in [4.69, 9.17) is 21.1 Å². The molecule has 0 saturated heterocycles. The van der Waals surface area contributed by atoms with Gasteiger partial charge in [-0.1, -0.05) is 41.6 Å². The first kappa shape index (κ1) is 20.8. The van der Waals surface area contributed by atoms with E-state index in [9.17, 15) is 10.1 Å². The number of hydrogen-bond donors (Lipinski definition) is 0. The van der Waals surface area contributed by atoms with Crippen LogP contribution in [-0.4, -0.2) is 23.8 Å². The van der Waals surface area contributed by atoms with Crippen LogP contribution in [0.2, 0.25) is 5.02 Å². The lowest BCUT2D eigenvalue weighted by atomic mass is 10.1. The average molecular weight is 428 g/mol. The van der Waals surface area contributed by atoms with E-state index in [2.05, 4.69) is 4.98 Å². The van der Waals surface area contributed by atoms with Gasteiger partial charge in [-0.3, -0.25) is 9.36 Å². The Bertz CT molecular complexity index is 1150. The van der Waals surface area contributed by atoms with Gasteiger partial charge in [-0.25, -0.2) is 4.98 Å². The molecule has 0 radical (unpaired) electrons. The Morgan fingerprint density at radius 3 is 2.55 bits per heavy atom. The highest BCUT2D eigenvalue weighted by atomic mass is 35.5. The average Bonchev–Trinajstić information content (AvgIpc) is 2.75. The summed E-state index contributed by atoms with van der Waals surface area (Å²) in [5.41, 5.74) is 1.40. The summed E-state index contributed by atoms with van der Waals surface area (Å²) in [6.45, 7) is 0. The van der Waals surface area contributed by atoms with E-state index in [-0.39, 0.29) is 5.56 Å². The maximum Gasteiger partial charge on any atom is 0.272 e. The van der Waals surface area contributed by atoms with E-state index >= 15 is 0 Å². The fourth-order valence-electron chi connectivity index (χ4n) is 2.76. The van der Waals surface area contributed by atoms with Crippen LogP contribution in [0.1, 0.15) is 11.1 Å². The fraction of sp³-hybridized carbons (Fsp3) is 0.190. The Morgan fingerprint density at radius 1 is 1.17 bits per heavy atom. The number of thioether (sulfide) groups is 1. The minimum absolute atomic E-state index is 0.0261. The maximum atomic E-state index is 12.8. The molecule has 0 aliphatic heterocycles. The lowest BCUT2D eigenvalue weighted by molar-refractivity contribution is 0.355. The van der Waals surface area contributed by atoms with Crippen molar-refractivity contribution in [1.82, 2.24) is 9.55 Å². The van der Waals surface area contributed by atoms with E-state index in [1.807, 2.05) is 30.3 Å². The number of nitriles is 1. The Balaban J connectivity index is 2.07. The molecule has 0 atom stereocenters. The zero-order valence-electron chi connectivity index (χ0n) is 16.1. The molecule has 8 heteroatoms. The lowest BCUT2D eigenvalue weighted by Gasteiger charge is -2.13. The van der Waals surface area contributed by atoms with Crippen molar-refractivity contribution in [3.8, 4) is 28.8 Å². The third-order valence-corrected chi connectivity index (χ3v) is 5.78. The number of methoxy groups -OCH3 is 2. The van der Waals surface area contributed by atoms with Crippen molar-refractivity contribution in [2.45, 2.75) is 10.9 Å². The molecule has 0 fully saturated rings. The minimum Gasteiger partial charge on any atom is -0.493 e. The zero-order valence-corrected chi connectivity index (χ0v) is 17.7. The number of rotatable bonds is 6. The van der Waals surface area contributed by atoms with Crippen molar-refractivity contribution >= 4 is 23.4 Å². The maximum absolute atomic E-state index is 12.8. The van der Waals surface area contributed by atoms with Gasteiger partial charge in [0.05, 0.1) is 19.9 Å². The summed E-state index contributed by atoms with van der Waals surface area (Å²) in [4.78, 5) is 17.4. The predicted octanol–water partition coefficient (Wildman–Crippen LogP) is 4.28. The normalized spacial score (nSPS) is 10.4. The third kappa shape index (κ3) is 4.24. The topological polar surface area (TPSA) is 77.1 Å². The van der Waals surface area contributed by atoms with Gasteiger partial charge in [0.25, 0.3) is 5.56 Å². The molecule has 0 spiro atoms. The smallest absolute Gasteiger partial charge is 0.272 e. The van der Waals surface area contributed by atoms with E-state index in [0.717, 1.165) is 5.56 Å². The molecule has 3 aromatic rings. The van der Waals surface area contributed by atoms with Crippen LogP contribution in [0.5, 0.6) is 11.5 Å². The molecule has 3 rings (SSSR count). The highest BCUT2D eigenvalue weighted by Crippen LogP contribution is 2.33. The Hall–Kier alpha value is -2.95.